The standard InChI is InChI=1S/C20H26O8Si/c1-13(21)26-29(27-14(2)22,28-15(3)23)18-9-10-19-16(11-18)12-24-20(4,25-19)17-7-5-6-8-17/h9-11,17H,5-8,12H2,1-4H3. The summed E-state index contributed by atoms with van der Waals surface area (Å²) in [4.78, 5) is 35.1. The van der Waals surface area contributed by atoms with Gasteiger partial charge in [0.15, 0.2) is 0 Å². The predicted molar refractivity (Wildman–Crippen MR) is 103 cm³/mol. The number of rotatable bonds is 5. The van der Waals surface area contributed by atoms with Gasteiger partial charge in [0.2, 0.25) is 5.79 Å². The van der Waals surface area contributed by atoms with Crippen molar-refractivity contribution in [2.24, 2.45) is 5.92 Å². The molecule has 9 heteroatoms. The maximum atomic E-state index is 11.7. The molecule has 0 amide bonds. The lowest BCUT2D eigenvalue weighted by Gasteiger charge is -2.40. The third-order valence-corrected chi connectivity index (χ3v) is 7.86. The highest BCUT2D eigenvalue weighted by Crippen LogP contribution is 2.42. The molecular weight excluding hydrogens is 396 g/mol. The number of ether oxygens (including phenoxy) is 2. The zero-order chi connectivity index (χ0) is 21.2. The Balaban J connectivity index is 1.95. The summed E-state index contributed by atoms with van der Waals surface area (Å²) in [5.41, 5.74) is 0.696. The van der Waals surface area contributed by atoms with Crippen LogP contribution in [-0.4, -0.2) is 32.5 Å². The molecule has 158 valence electrons. The number of carbonyl (C=O) groups is 3. The first-order valence-corrected chi connectivity index (χ1v) is 11.4. The molecule has 0 N–H and O–H groups in total. The first kappa shape index (κ1) is 21.3. The van der Waals surface area contributed by atoms with E-state index in [9.17, 15) is 14.4 Å². The monoisotopic (exact) mass is 422 g/mol. The van der Waals surface area contributed by atoms with Gasteiger partial charge in [0.1, 0.15) is 5.75 Å². The Hall–Kier alpha value is -2.39. The molecule has 0 bridgehead atoms. The van der Waals surface area contributed by atoms with Gasteiger partial charge in [0.25, 0.3) is 17.9 Å². The third kappa shape index (κ3) is 4.62. The molecule has 0 radical (unpaired) electrons. The van der Waals surface area contributed by atoms with Crippen LogP contribution in [0, 0.1) is 5.92 Å². The van der Waals surface area contributed by atoms with E-state index in [2.05, 4.69) is 0 Å². The summed E-state index contributed by atoms with van der Waals surface area (Å²) >= 11 is 0. The molecule has 1 aliphatic heterocycles. The van der Waals surface area contributed by atoms with Gasteiger partial charge in [-0.2, -0.15) is 0 Å². The lowest BCUT2D eigenvalue weighted by Crippen LogP contribution is -2.59. The fraction of sp³-hybridized carbons (Fsp3) is 0.550. The van der Waals surface area contributed by atoms with Crippen molar-refractivity contribution in [3.05, 3.63) is 23.8 Å². The first-order valence-electron chi connectivity index (χ1n) is 9.68. The van der Waals surface area contributed by atoms with Crippen LogP contribution < -0.4 is 9.92 Å². The second kappa shape index (κ2) is 8.15. The molecule has 29 heavy (non-hydrogen) atoms. The van der Waals surface area contributed by atoms with E-state index in [1.54, 1.807) is 18.2 Å². The number of benzene rings is 1. The van der Waals surface area contributed by atoms with Gasteiger partial charge >= 0.3 is 8.80 Å². The second-order valence-corrected chi connectivity index (χ2v) is 9.85. The van der Waals surface area contributed by atoms with Crippen molar-refractivity contribution >= 4 is 31.9 Å². The average molecular weight is 423 g/mol. The number of carbonyl (C=O) groups excluding carboxylic acids is 3. The van der Waals surface area contributed by atoms with Crippen LogP contribution in [0.2, 0.25) is 0 Å². The quantitative estimate of drug-likeness (QED) is 0.667. The molecule has 1 aromatic rings. The van der Waals surface area contributed by atoms with Gasteiger partial charge in [-0.25, -0.2) is 0 Å². The molecule has 1 saturated carbocycles. The van der Waals surface area contributed by atoms with Gasteiger partial charge < -0.3 is 22.8 Å². The summed E-state index contributed by atoms with van der Waals surface area (Å²) < 4.78 is 28.1. The van der Waals surface area contributed by atoms with E-state index in [1.165, 1.54) is 12.8 Å². The van der Waals surface area contributed by atoms with Crippen molar-refractivity contribution in [1.29, 1.82) is 0 Å². The van der Waals surface area contributed by atoms with E-state index in [-0.39, 0.29) is 6.61 Å². The largest absolute Gasteiger partial charge is 0.742 e. The van der Waals surface area contributed by atoms with Crippen molar-refractivity contribution in [2.45, 2.75) is 65.8 Å². The summed E-state index contributed by atoms with van der Waals surface area (Å²) in [6, 6.07) is 4.95. The van der Waals surface area contributed by atoms with Crippen LogP contribution in [0.4, 0.5) is 0 Å². The molecule has 1 fully saturated rings. The van der Waals surface area contributed by atoms with E-state index in [1.807, 2.05) is 6.92 Å². The molecular formula is C20H26O8Si. The van der Waals surface area contributed by atoms with Crippen LogP contribution in [0.1, 0.15) is 58.9 Å². The summed E-state index contributed by atoms with van der Waals surface area (Å²) in [5.74, 6) is -1.89. The molecule has 0 saturated heterocycles. The topological polar surface area (TPSA) is 97.4 Å². The zero-order valence-electron chi connectivity index (χ0n) is 17.1. The molecule has 1 aromatic carbocycles. The minimum absolute atomic E-state index is 0.279. The molecule has 1 aliphatic carbocycles. The van der Waals surface area contributed by atoms with Crippen LogP contribution in [0.3, 0.4) is 0 Å². The number of hydrogen-bond acceptors (Lipinski definition) is 8. The van der Waals surface area contributed by atoms with Crippen LogP contribution in [0.15, 0.2) is 18.2 Å². The van der Waals surface area contributed by atoms with E-state index < -0.39 is 32.5 Å². The Morgan fingerprint density at radius 1 is 1.00 bits per heavy atom. The fourth-order valence-corrected chi connectivity index (χ4v) is 6.16. The third-order valence-electron chi connectivity index (χ3n) is 5.17. The van der Waals surface area contributed by atoms with Gasteiger partial charge in [-0.1, -0.05) is 12.8 Å². The van der Waals surface area contributed by atoms with Crippen molar-refractivity contribution < 1.29 is 37.1 Å². The summed E-state index contributed by atoms with van der Waals surface area (Å²) in [5, 5.41) is 0.300. The number of fused-ring (bicyclic) bond motifs is 1. The van der Waals surface area contributed by atoms with Crippen LogP contribution in [-0.2, 0) is 39.0 Å². The normalized spacial score (nSPS) is 21.7. The Kier molecular flexibility index (Phi) is 5.99. The molecule has 1 heterocycles. The smallest absolute Gasteiger partial charge is 0.462 e. The van der Waals surface area contributed by atoms with Crippen molar-refractivity contribution in [2.75, 3.05) is 0 Å². The van der Waals surface area contributed by atoms with Gasteiger partial charge in [0, 0.05) is 39.2 Å². The highest BCUT2D eigenvalue weighted by atomic mass is 28.4. The Labute approximate surface area is 170 Å². The predicted octanol–water partition coefficient (Wildman–Crippen LogP) is 2.34. The van der Waals surface area contributed by atoms with Crippen molar-refractivity contribution in [3.8, 4) is 5.75 Å². The SMILES string of the molecule is CC(=O)O[Si](OC(C)=O)(OC(C)=O)c1ccc2c(c1)COC(C)(C1CCCC1)O2. The molecule has 0 spiro atoms. The van der Waals surface area contributed by atoms with Gasteiger partial charge in [0.05, 0.1) is 11.8 Å². The lowest BCUT2D eigenvalue weighted by atomic mass is 9.97. The van der Waals surface area contributed by atoms with Crippen molar-refractivity contribution in [1.82, 2.24) is 0 Å². The maximum absolute atomic E-state index is 11.7. The van der Waals surface area contributed by atoms with Crippen LogP contribution in [0.5, 0.6) is 5.75 Å². The molecule has 0 aromatic heterocycles. The molecule has 1 unspecified atom stereocenters. The second-order valence-electron chi connectivity index (χ2n) is 7.55. The van der Waals surface area contributed by atoms with Crippen LogP contribution in [0.25, 0.3) is 0 Å². The molecule has 2 aliphatic rings. The first-order chi connectivity index (χ1) is 13.6. The molecule has 1 atom stereocenters. The van der Waals surface area contributed by atoms with E-state index in [4.69, 9.17) is 22.8 Å². The fourth-order valence-electron chi connectivity index (χ4n) is 3.91. The molecule has 8 nitrogen and oxygen atoms in total. The van der Waals surface area contributed by atoms with E-state index in [0.29, 0.717) is 22.4 Å². The Morgan fingerprint density at radius 2 is 1.55 bits per heavy atom. The number of hydrogen-bond donors (Lipinski definition) is 0. The van der Waals surface area contributed by atoms with Crippen molar-refractivity contribution in [3.63, 3.8) is 0 Å². The Bertz CT molecular complexity index is 776. The summed E-state index contributed by atoms with van der Waals surface area (Å²) in [6.45, 7) is 5.71. The minimum Gasteiger partial charge on any atom is -0.462 e. The van der Waals surface area contributed by atoms with Crippen LogP contribution >= 0.6 is 0 Å². The van der Waals surface area contributed by atoms with Gasteiger partial charge in [-0.3, -0.25) is 14.4 Å². The average Bonchev–Trinajstić information content (AvgIpc) is 3.15. The summed E-state index contributed by atoms with van der Waals surface area (Å²) in [7, 11) is -4.14. The van der Waals surface area contributed by atoms with E-state index >= 15 is 0 Å². The van der Waals surface area contributed by atoms with Gasteiger partial charge in [-0.15, -0.1) is 0 Å². The van der Waals surface area contributed by atoms with Gasteiger partial charge in [-0.05, 0) is 31.0 Å². The zero-order valence-corrected chi connectivity index (χ0v) is 18.1. The Morgan fingerprint density at radius 3 is 2.07 bits per heavy atom. The lowest BCUT2D eigenvalue weighted by molar-refractivity contribution is -0.224. The summed E-state index contributed by atoms with van der Waals surface area (Å²) in [6.07, 6.45) is 4.46. The highest BCUT2D eigenvalue weighted by Gasteiger charge is 2.55. The van der Waals surface area contributed by atoms with E-state index in [0.717, 1.165) is 33.6 Å². The maximum Gasteiger partial charge on any atom is 0.742 e. The highest BCUT2D eigenvalue weighted by molar-refractivity contribution is 6.79. The molecule has 3 rings (SSSR count). The minimum atomic E-state index is -4.14.